The number of nitrogens with one attached hydrogen (secondary N) is 1. The van der Waals surface area contributed by atoms with Crippen LogP contribution < -0.4 is 14.8 Å². The van der Waals surface area contributed by atoms with Crippen LogP contribution in [0, 0.1) is 5.92 Å². The molecule has 0 atom stereocenters. The largest absolute Gasteiger partial charge is 0.497 e. The minimum Gasteiger partial charge on any atom is -0.497 e. The Morgan fingerprint density at radius 3 is 2.31 bits per heavy atom. The van der Waals surface area contributed by atoms with Crippen LogP contribution in [-0.4, -0.2) is 53.6 Å². The van der Waals surface area contributed by atoms with Gasteiger partial charge >= 0.3 is 0 Å². The van der Waals surface area contributed by atoms with Crippen molar-refractivity contribution in [3.8, 4) is 28.4 Å². The van der Waals surface area contributed by atoms with E-state index in [2.05, 4.69) is 5.32 Å². The topological polar surface area (TPSA) is 85.7 Å². The quantitative estimate of drug-likeness (QED) is 0.266. The minimum absolute atomic E-state index is 0.135. The molecule has 1 heterocycles. The number of ether oxygens (including phenoxy) is 2. The third-order valence-corrected chi connectivity index (χ3v) is 6.22. The number of amides is 2. The molecule has 4 aromatic rings. The standard InChI is InChI=1S/C30H31ClN4O4/c1-20(2)17-34(29(37)21-8-10-23(31)11-9-21)19-28(36)33-30-32-27(22-6-5-7-26(16-22)39-4)18-35(30)24-12-14-25(38-3)15-13-24/h5-16,18,20H,17,19H2,1-4H3,(H,32,33,36). The number of halogens is 1. The van der Waals surface area contributed by atoms with Gasteiger partial charge in [0, 0.05) is 34.6 Å². The molecular formula is C30H31ClN4O4. The van der Waals surface area contributed by atoms with Crippen LogP contribution in [0.4, 0.5) is 5.95 Å². The lowest BCUT2D eigenvalue weighted by Gasteiger charge is -2.24. The lowest BCUT2D eigenvalue weighted by Crippen LogP contribution is -2.40. The lowest BCUT2D eigenvalue weighted by atomic mass is 10.1. The summed E-state index contributed by atoms with van der Waals surface area (Å²) in [6.07, 6.45) is 1.84. The highest BCUT2D eigenvalue weighted by Crippen LogP contribution is 2.28. The number of carbonyl (C=O) groups is 2. The number of imidazole rings is 1. The Morgan fingerprint density at radius 1 is 0.974 bits per heavy atom. The van der Waals surface area contributed by atoms with Crippen molar-refractivity contribution in [2.75, 3.05) is 32.6 Å². The maximum atomic E-state index is 13.3. The van der Waals surface area contributed by atoms with Gasteiger partial charge in [0.25, 0.3) is 5.91 Å². The third-order valence-electron chi connectivity index (χ3n) is 5.97. The molecule has 0 saturated carbocycles. The fourth-order valence-electron chi connectivity index (χ4n) is 4.10. The Hall–Kier alpha value is -4.30. The van der Waals surface area contributed by atoms with Gasteiger partial charge in [0.15, 0.2) is 0 Å². The van der Waals surface area contributed by atoms with E-state index in [1.54, 1.807) is 43.1 Å². The number of aromatic nitrogens is 2. The molecule has 9 heteroatoms. The van der Waals surface area contributed by atoms with Crippen LogP contribution in [0.5, 0.6) is 11.5 Å². The van der Waals surface area contributed by atoms with E-state index in [1.165, 1.54) is 4.90 Å². The Kier molecular flexibility index (Phi) is 8.88. The average molecular weight is 547 g/mol. The third kappa shape index (κ3) is 6.97. The van der Waals surface area contributed by atoms with Crippen molar-refractivity contribution in [3.63, 3.8) is 0 Å². The van der Waals surface area contributed by atoms with Crippen molar-refractivity contribution in [1.82, 2.24) is 14.5 Å². The first-order chi connectivity index (χ1) is 18.8. The van der Waals surface area contributed by atoms with Crippen molar-refractivity contribution < 1.29 is 19.1 Å². The van der Waals surface area contributed by atoms with Gasteiger partial charge in [-0.1, -0.05) is 37.6 Å². The predicted molar refractivity (Wildman–Crippen MR) is 153 cm³/mol. The number of rotatable bonds is 10. The second kappa shape index (κ2) is 12.5. The Morgan fingerprint density at radius 2 is 1.67 bits per heavy atom. The molecule has 0 aliphatic heterocycles. The van der Waals surface area contributed by atoms with Crippen molar-refractivity contribution in [2.45, 2.75) is 13.8 Å². The van der Waals surface area contributed by atoms with Gasteiger partial charge in [-0.2, -0.15) is 0 Å². The number of carbonyl (C=O) groups excluding carboxylic acids is 2. The molecular weight excluding hydrogens is 516 g/mol. The molecule has 202 valence electrons. The number of anilines is 1. The van der Waals surface area contributed by atoms with E-state index in [-0.39, 0.29) is 24.3 Å². The Bertz CT molecular complexity index is 1430. The Labute approximate surface area is 233 Å². The van der Waals surface area contributed by atoms with E-state index in [0.717, 1.165) is 11.3 Å². The van der Waals surface area contributed by atoms with Crippen LogP contribution in [0.2, 0.25) is 5.02 Å². The Balaban J connectivity index is 1.63. The maximum Gasteiger partial charge on any atom is 0.254 e. The summed E-state index contributed by atoms with van der Waals surface area (Å²) in [6.45, 7) is 4.27. The predicted octanol–water partition coefficient (Wildman–Crippen LogP) is 5.95. The van der Waals surface area contributed by atoms with Gasteiger partial charge in [-0.05, 0) is 66.6 Å². The van der Waals surface area contributed by atoms with Crippen LogP contribution in [0.1, 0.15) is 24.2 Å². The SMILES string of the molecule is COc1ccc(-n2cc(-c3cccc(OC)c3)nc2NC(=O)CN(CC(C)C)C(=O)c2ccc(Cl)cc2)cc1. The summed E-state index contributed by atoms with van der Waals surface area (Å²) < 4.78 is 12.4. The first-order valence-corrected chi connectivity index (χ1v) is 12.9. The van der Waals surface area contributed by atoms with Crippen molar-refractivity contribution in [1.29, 1.82) is 0 Å². The molecule has 0 spiro atoms. The van der Waals surface area contributed by atoms with Gasteiger partial charge < -0.3 is 14.4 Å². The summed E-state index contributed by atoms with van der Waals surface area (Å²) in [5, 5.41) is 3.45. The highest BCUT2D eigenvalue weighted by molar-refractivity contribution is 6.30. The van der Waals surface area contributed by atoms with Gasteiger partial charge in [-0.3, -0.25) is 19.5 Å². The number of methoxy groups -OCH3 is 2. The minimum atomic E-state index is -0.365. The molecule has 0 radical (unpaired) electrons. The fraction of sp³-hybridized carbons (Fsp3) is 0.233. The zero-order valence-electron chi connectivity index (χ0n) is 22.3. The van der Waals surface area contributed by atoms with E-state index >= 15 is 0 Å². The van der Waals surface area contributed by atoms with Crippen molar-refractivity contribution in [2.24, 2.45) is 5.92 Å². The summed E-state index contributed by atoms with van der Waals surface area (Å²) in [5.41, 5.74) is 2.73. The molecule has 0 unspecified atom stereocenters. The van der Waals surface area contributed by atoms with E-state index in [4.69, 9.17) is 26.1 Å². The monoisotopic (exact) mass is 546 g/mol. The summed E-state index contributed by atoms with van der Waals surface area (Å²) in [4.78, 5) is 32.8. The first kappa shape index (κ1) is 27.7. The molecule has 4 rings (SSSR count). The second-order valence-electron chi connectivity index (χ2n) is 9.38. The zero-order valence-corrected chi connectivity index (χ0v) is 23.1. The summed E-state index contributed by atoms with van der Waals surface area (Å²) in [5.74, 6) is 1.28. The van der Waals surface area contributed by atoms with E-state index < -0.39 is 0 Å². The molecule has 2 amide bonds. The highest BCUT2D eigenvalue weighted by Gasteiger charge is 2.22. The van der Waals surface area contributed by atoms with Gasteiger partial charge in [0.05, 0.1) is 19.9 Å². The molecule has 0 bridgehead atoms. The average Bonchev–Trinajstić information content (AvgIpc) is 3.36. The number of hydrogen-bond donors (Lipinski definition) is 1. The maximum absolute atomic E-state index is 13.3. The van der Waals surface area contributed by atoms with Gasteiger partial charge in [0.1, 0.15) is 18.0 Å². The lowest BCUT2D eigenvalue weighted by molar-refractivity contribution is -0.117. The van der Waals surface area contributed by atoms with E-state index in [0.29, 0.717) is 40.3 Å². The summed E-state index contributed by atoms with van der Waals surface area (Å²) >= 11 is 5.99. The molecule has 8 nitrogen and oxygen atoms in total. The number of benzene rings is 3. The second-order valence-corrected chi connectivity index (χ2v) is 9.82. The zero-order chi connectivity index (χ0) is 27.9. The number of hydrogen-bond acceptors (Lipinski definition) is 5. The molecule has 3 aromatic carbocycles. The van der Waals surface area contributed by atoms with Crippen LogP contribution in [0.3, 0.4) is 0 Å². The molecule has 0 fully saturated rings. The molecule has 39 heavy (non-hydrogen) atoms. The highest BCUT2D eigenvalue weighted by atomic mass is 35.5. The van der Waals surface area contributed by atoms with Crippen LogP contribution in [0.15, 0.2) is 79.0 Å². The van der Waals surface area contributed by atoms with Crippen molar-refractivity contribution >= 4 is 29.4 Å². The normalized spacial score (nSPS) is 10.8. The molecule has 1 N–H and O–H groups in total. The van der Waals surface area contributed by atoms with Crippen LogP contribution in [-0.2, 0) is 4.79 Å². The van der Waals surface area contributed by atoms with Gasteiger partial charge in [0.2, 0.25) is 11.9 Å². The summed E-state index contributed by atoms with van der Waals surface area (Å²) in [7, 11) is 3.21. The molecule has 0 saturated heterocycles. The van der Waals surface area contributed by atoms with E-state index in [9.17, 15) is 9.59 Å². The molecule has 0 aliphatic carbocycles. The first-order valence-electron chi connectivity index (χ1n) is 12.5. The van der Waals surface area contributed by atoms with E-state index in [1.807, 2.05) is 68.6 Å². The summed E-state index contributed by atoms with van der Waals surface area (Å²) in [6, 6.07) is 21.6. The van der Waals surface area contributed by atoms with Crippen LogP contribution >= 0.6 is 11.6 Å². The van der Waals surface area contributed by atoms with Crippen molar-refractivity contribution in [3.05, 3.63) is 89.6 Å². The molecule has 0 aliphatic rings. The van der Waals surface area contributed by atoms with Crippen LogP contribution in [0.25, 0.3) is 16.9 Å². The molecule has 1 aromatic heterocycles. The fourth-order valence-corrected chi connectivity index (χ4v) is 4.23. The smallest absolute Gasteiger partial charge is 0.254 e. The van der Waals surface area contributed by atoms with Gasteiger partial charge in [-0.15, -0.1) is 0 Å². The van der Waals surface area contributed by atoms with Gasteiger partial charge in [-0.25, -0.2) is 4.98 Å². The number of nitrogens with zero attached hydrogens (tertiary/aromatic N) is 3.